The van der Waals surface area contributed by atoms with Crippen LogP contribution in [-0.4, -0.2) is 30.6 Å². The molecule has 1 N–H and O–H groups in total. The first kappa shape index (κ1) is 20.2. The van der Waals surface area contributed by atoms with E-state index in [0.717, 1.165) is 0 Å². The van der Waals surface area contributed by atoms with Gasteiger partial charge in [-0.2, -0.15) is 0 Å². The van der Waals surface area contributed by atoms with Crippen LogP contribution in [0.2, 0.25) is 0 Å². The molecule has 3 nitrogen and oxygen atoms in total. The highest BCUT2D eigenvalue weighted by Gasteiger charge is 2.37. The molecule has 0 saturated carbocycles. The summed E-state index contributed by atoms with van der Waals surface area (Å²) in [7, 11) is 1.90. The normalized spacial score (nSPS) is 16.0. The monoisotopic (exact) mass is 418 g/mol. The van der Waals surface area contributed by atoms with Gasteiger partial charge in [0, 0.05) is 13.0 Å². The Kier molecular flexibility index (Phi) is 5.57. The van der Waals surface area contributed by atoms with Gasteiger partial charge in [-0.1, -0.05) is 109 Å². The third kappa shape index (κ3) is 3.72. The number of hydrogen-bond acceptors (Lipinski definition) is 2. The minimum atomic E-state index is -0.128. The molecule has 4 aromatic carbocycles. The van der Waals surface area contributed by atoms with Crippen molar-refractivity contribution in [3.05, 3.63) is 120 Å². The minimum absolute atomic E-state index is 0.0285. The lowest BCUT2D eigenvalue weighted by atomic mass is 9.80. The van der Waals surface area contributed by atoms with Crippen molar-refractivity contribution in [2.24, 2.45) is 0 Å². The molecule has 0 unspecified atom stereocenters. The molecule has 1 amide bonds. The molecular weight excluding hydrogens is 392 g/mol. The van der Waals surface area contributed by atoms with E-state index in [1.807, 2.05) is 24.1 Å². The Morgan fingerprint density at radius 1 is 0.688 bits per heavy atom. The van der Waals surface area contributed by atoms with E-state index in [1.165, 1.54) is 33.4 Å². The third-order valence-corrected chi connectivity index (χ3v) is 6.35. The first-order valence-corrected chi connectivity index (χ1v) is 11.0. The fourth-order valence-corrected chi connectivity index (χ4v) is 4.76. The number of carbonyl (C=O) groups is 1. The number of hydrogen-bond donors (Lipinski definition) is 1. The van der Waals surface area contributed by atoms with E-state index in [1.54, 1.807) is 0 Å². The van der Waals surface area contributed by atoms with Crippen LogP contribution in [0.3, 0.4) is 0 Å². The minimum Gasteiger partial charge on any atom is -0.328 e. The number of nitrogens with one attached hydrogen (secondary N) is 1. The van der Waals surface area contributed by atoms with Gasteiger partial charge in [-0.15, -0.1) is 0 Å². The molecule has 0 radical (unpaired) electrons. The van der Waals surface area contributed by atoms with Crippen LogP contribution in [0, 0.1) is 0 Å². The Bertz CT molecular complexity index is 1140. The molecule has 0 aromatic heterocycles. The standard InChI is InChI=1S/C29H26N2O/c1-31-27(32)20-30-29(31)28(25-18-10-8-16-23(25)21-12-4-2-5-13-21)26-19-11-9-17-24(26)22-14-6-3-7-15-22/h2-19,28-30H,20H2,1H3/t29-/m1/s1. The molecule has 1 atom stereocenters. The molecule has 32 heavy (non-hydrogen) atoms. The van der Waals surface area contributed by atoms with E-state index < -0.39 is 0 Å². The second-order valence-corrected chi connectivity index (χ2v) is 8.21. The third-order valence-electron chi connectivity index (χ3n) is 6.35. The zero-order valence-electron chi connectivity index (χ0n) is 18.1. The fourth-order valence-electron chi connectivity index (χ4n) is 4.76. The molecule has 0 bridgehead atoms. The molecule has 0 aliphatic carbocycles. The van der Waals surface area contributed by atoms with Crippen LogP contribution in [0.4, 0.5) is 0 Å². The van der Waals surface area contributed by atoms with Crippen LogP contribution < -0.4 is 5.32 Å². The van der Waals surface area contributed by atoms with Gasteiger partial charge >= 0.3 is 0 Å². The van der Waals surface area contributed by atoms with Crippen LogP contribution in [0.15, 0.2) is 109 Å². The summed E-state index contributed by atoms with van der Waals surface area (Å²) in [5.74, 6) is 0.0913. The van der Waals surface area contributed by atoms with Crippen molar-refractivity contribution >= 4 is 5.91 Å². The van der Waals surface area contributed by atoms with Crippen molar-refractivity contribution in [3.8, 4) is 22.3 Å². The van der Waals surface area contributed by atoms with Crippen molar-refractivity contribution in [2.75, 3.05) is 13.6 Å². The van der Waals surface area contributed by atoms with Gasteiger partial charge in [0.2, 0.25) is 5.91 Å². The summed E-state index contributed by atoms with van der Waals surface area (Å²) in [5.41, 5.74) is 7.16. The predicted molar refractivity (Wildman–Crippen MR) is 130 cm³/mol. The summed E-state index contributed by atoms with van der Waals surface area (Å²) in [6, 6.07) is 38.1. The molecule has 1 saturated heterocycles. The number of benzene rings is 4. The molecule has 3 heteroatoms. The van der Waals surface area contributed by atoms with Gasteiger partial charge < -0.3 is 4.90 Å². The molecular formula is C29H26N2O. The second-order valence-electron chi connectivity index (χ2n) is 8.21. The van der Waals surface area contributed by atoms with E-state index in [-0.39, 0.29) is 18.0 Å². The summed E-state index contributed by atoms with van der Waals surface area (Å²) in [6.07, 6.45) is -0.128. The van der Waals surface area contributed by atoms with E-state index in [0.29, 0.717) is 6.54 Å². The highest BCUT2D eigenvalue weighted by Crippen LogP contribution is 2.41. The van der Waals surface area contributed by atoms with Crippen LogP contribution in [0.1, 0.15) is 17.0 Å². The molecule has 1 aliphatic heterocycles. The van der Waals surface area contributed by atoms with Crippen molar-refractivity contribution < 1.29 is 4.79 Å². The van der Waals surface area contributed by atoms with Crippen molar-refractivity contribution in [3.63, 3.8) is 0 Å². The Labute approximate surface area is 189 Å². The van der Waals surface area contributed by atoms with Gasteiger partial charge in [-0.3, -0.25) is 10.1 Å². The van der Waals surface area contributed by atoms with Gasteiger partial charge in [0.05, 0.1) is 12.7 Å². The number of carbonyl (C=O) groups excluding carboxylic acids is 1. The van der Waals surface area contributed by atoms with Gasteiger partial charge in [0.1, 0.15) is 0 Å². The fraction of sp³-hybridized carbons (Fsp3) is 0.138. The van der Waals surface area contributed by atoms with Crippen LogP contribution in [-0.2, 0) is 4.79 Å². The average Bonchev–Trinajstić information content (AvgIpc) is 3.19. The van der Waals surface area contributed by atoms with Crippen LogP contribution >= 0.6 is 0 Å². The highest BCUT2D eigenvalue weighted by molar-refractivity contribution is 5.81. The lowest BCUT2D eigenvalue weighted by Gasteiger charge is -2.32. The van der Waals surface area contributed by atoms with Crippen molar-refractivity contribution in [1.82, 2.24) is 10.2 Å². The number of likely N-dealkylation sites (N-methyl/N-ethyl adjacent to an activating group) is 1. The Morgan fingerprint density at radius 3 is 1.56 bits per heavy atom. The van der Waals surface area contributed by atoms with Crippen molar-refractivity contribution in [1.29, 1.82) is 0 Å². The first-order chi connectivity index (χ1) is 15.7. The van der Waals surface area contributed by atoms with E-state index in [9.17, 15) is 4.79 Å². The SMILES string of the molecule is CN1C(=O)CN[C@H]1C(c1ccccc1-c1ccccc1)c1ccccc1-c1ccccc1. The largest absolute Gasteiger partial charge is 0.328 e. The summed E-state index contributed by atoms with van der Waals surface area (Å²) >= 11 is 0. The van der Waals surface area contributed by atoms with Gasteiger partial charge in [-0.05, 0) is 33.4 Å². The molecule has 1 heterocycles. The second kappa shape index (κ2) is 8.81. The summed E-state index contributed by atoms with van der Waals surface area (Å²) in [4.78, 5) is 14.4. The molecule has 5 rings (SSSR count). The predicted octanol–water partition coefficient (Wildman–Crippen LogP) is 5.54. The summed E-state index contributed by atoms with van der Waals surface area (Å²) in [5, 5.41) is 3.49. The zero-order chi connectivity index (χ0) is 21.9. The highest BCUT2D eigenvalue weighted by atomic mass is 16.2. The number of rotatable bonds is 5. The zero-order valence-corrected chi connectivity index (χ0v) is 18.1. The van der Waals surface area contributed by atoms with Crippen LogP contribution in [0.5, 0.6) is 0 Å². The van der Waals surface area contributed by atoms with Gasteiger partial charge in [0.25, 0.3) is 0 Å². The number of amides is 1. The molecule has 4 aromatic rings. The Morgan fingerprint density at radius 2 is 1.12 bits per heavy atom. The topological polar surface area (TPSA) is 32.3 Å². The Hall–Kier alpha value is -3.69. The maximum Gasteiger partial charge on any atom is 0.237 e. The number of nitrogens with zero attached hydrogens (tertiary/aromatic N) is 1. The summed E-state index contributed by atoms with van der Waals surface area (Å²) < 4.78 is 0. The smallest absolute Gasteiger partial charge is 0.237 e. The van der Waals surface area contributed by atoms with Crippen LogP contribution in [0.25, 0.3) is 22.3 Å². The summed E-state index contributed by atoms with van der Waals surface area (Å²) in [6.45, 7) is 0.360. The lowest BCUT2D eigenvalue weighted by Crippen LogP contribution is -2.40. The maximum atomic E-state index is 12.5. The molecule has 158 valence electrons. The van der Waals surface area contributed by atoms with Gasteiger partial charge in [0.15, 0.2) is 0 Å². The maximum absolute atomic E-state index is 12.5. The average molecular weight is 419 g/mol. The Balaban J connectivity index is 1.74. The van der Waals surface area contributed by atoms with E-state index >= 15 is 0 Å². The first-order valence-electron chi connectivity index (χ1n) is 11.0. The van der Waals surface area contributed by atoms with Crippen molar-refractivity contribution in [2.45, 2.75) is 12.1 Å². The molecule has 1 aliphatic rings. The van der Waals surface area contributed by atoms with Gasteiger partial charge in [-0.25, -0.2) is 0 Å². The molecule has 1 fully saturated rings. The lowest BCUT2D eigenvalue weighted by molar-refractivity contribution is -0.126. The quantitative estimate of drug-likeness (QED) is 0.461. The molecule has 0 spiro atoms. The van der Waals surface area contributed by atoms with E-state index in [4.69, 9.17) is 0 Å². The van der Waals surface area contributed by atoms with E-state index in [2.05, 4.69) is 102 Å².